The molecule has 3 N–H and O–H groups in total. The monoisotopic (exact) mass is 140 g/mol. The molecule has 0 amide bonds. The van der Waals surface area contributed by atoms with E-state index < -0.39 is 0 Å². The van der Waals surface area contributed by atoms with Crippen LogP contribution in [-0.4, -0.2) is 16.7 Å². The van der Waals surface area contributed by atoms with Gasteiger partial charge in [-0.1, -0.05) is 6.92 Å². The molecule has 56 valence electrons. The molecule has 0 aliphatic heterocycles. The topological polar surface area (TPSA) is 55.9 Å². The number of nitrogens with two attached hydrogens (primary N) is 1. The highest BCUT2D eigenvalue weighted by atomic mass is 15.4. The second kappa shape index (κ2) is 2.60. The molecule has 0 aromatic carbocycles. The molecular weight excluding hydrogens is 128 g/mol. The summed E-state index contributed by atoms with van der Waals surface area (Å²) < 4.78 is 1.56. The van der Waals surface area contributed by atoms with Crippen LogP contribution >= 0.6 is 0 Å². The smallest absolute Gasteiger partial charge is 0.221 e. The molecule has 1 rings (SSSR count). The van der Waals surface area contributed by atoms with Gasteiger partial charge in [0.1, 0.15) is 0 Å². The van der Waals surface area contributed by atoms with Crippen LogP contribution in [-0.2, 0) is 6.42 Å². The normalized spacial score (nSPS) is 9.80. The Morgan fingerprint density at radius 1 is 1.80 bits per heavy atom. The van der Waals surface area contributed by atoms with Crippen molar-refractivity contribution in [2.75, 3.05) is 18.2 Å². The molecule has 0 radical (unpaired) electrons. The van der Waals surface area contributed by atoms with E-state index in [1.807, 2.05) is 6.92 Å². The van der Waals surface area contributed by atoms with Gasteiger partial charge >= 0.3 is 0 Å². The number of nitrogens with zero attached hydrogens (tertiary/aromatic N) is 2. The lowest BCUT2D eigenvalue weighted by molar-refractivity contribution is 0.898. The van der Waals surface area contributed by atoms with Crippen molar-refractivity contribution < 1.29 is 0 Å². The number of aromatic nitrogens is 2. The summed E-state index contributed by atoms with van der Waals surface area (Å²) in [7, 11) is 1.80. The van der Waals surface area contributed by atoms with E-state index in [4.69, 9.17) is 5.84 Å². The maximum absolute atomic E-state index is 5.62. The molecule has 0 unspecified atom stereocenters. The Bertz CT molecular complexity index is 194. The van der Waals surface area contributed by atoms with Crippen LogP contribution in [0.1, 0.15) is 12.6 Å². The number of nitrogen functional groups attached to an aromatic ring is 1. The van der Waals surface area contributed by atoms with Gasteiger partial charge in [0, 0.05) is 7.05 Å². The number of anilines is 1. The van der Waals surface area contributed by atoms with Crippen molar-refractivity contribution in [3.05, 3.63) is 11.9 Å². The SMILES string of the molecule is CCc1cnc(NC)n1N. The highest BCUT2D eigenvalue weighted by Crippen LogP contribution is 2.04. The molecule has 0 aliphatic carbocycles. The molecular formula is C6H12N4. The van der Waals surface area contributed by atoms with Crippen LogP contribution in [0.2, 0.25) is 0 Å². The maximum atomic E-state index is 5.62. The quantitative estimate of drug-likeness (QED) is 0.577. The van der Waals surface area contributed by atoms with Crippen LogP contribution in [0.5, 0.6) is 0 Å². The summed E-state index contributed by atoms with van der Waals surface area (Å²) in [4.78, 5) is 4.03. The Hall–Kier alpha value is -1.19. The minimum absolute atomic E-state index is 0.705. The van der Waals surface area contributed by atoms with E-state index in [-0.39, 0.29) is 0 Å². The summed E-state index contributed by atoms with van der Waals surface area (Å²) in [5.74, 6) is 6.32. The van der Waals surface area contributed by atoms with Gasteiger partial charge in [-0.05, 0) is 6.42 Å². The van der Waals surface area contributed by atoms with Gasteiger partial charge in [-0.15, -0.1) is 0 Å². The average Bonchev–Trinajstić information content (AvgIpc) is 2.30. The molecule has 10 heavy (non-hydrogen) atoms. The molecule has 0 atom stereocenters. The molecule has 0 aliphatic rings. The number of hydrogen-bond acceptors (Lipinski definition) is 3. The maximum Gasteiger partial charge on any atom is 0.221 e. The summed E-state index contributed by atoms with van der Waals surface area (Å²) in [6.45, 7) is 2.04. The second-order valence-corrected chi connectivity index (χ2v) is 2.05. The first kappa shape index (κ1) is 6.92. The highest BCUT2D eigenvalue weighted by Gasteiger charge is 2.01. The molecule has 0 saturated heterocycles. The van der Waals surface area contributed by atoms with Gasteiger partial charge in [-0.3, -0.25) is 0 Å². The van der Waals surface area contributed by atoms with Gasteiger partial charge < -0.3 is 11.2 Å². The Morgan fingerprint density at radius 2 is 2.50 bits per heavy atom. The standard InChI is InChI=1S/C6H12N4/c1-3-5-4-9-6(8-2)10(5)7/h4H,3,7H2,1-2H3,(H,8,9). The van der Waals surface area contributed by atoms with E-state index in [1.54, 1.807) is 17.9 Å². The fourth-order valence-corrected chi connectivity index (χ4v) is 0.843. The molecule has 4 heteroatoms. The molecule has 0 bridgehead atoms. The minimum atomic E-state index is 0.705. The average molecular weight is 140 g/mol. The van der Waals surface area contributed by atoms with E-state index in [1.165, 1.54) is 0 Å². The van der Waals surface area contributed by atoms with Crippen molar-refractivity contribution in [3.63, 3.8) is 0 Å². The number of hydrogen-bond donors (Lipinski definition) is 2. The van der Waals surface area contributed by atoms with Crippen LogP contribution in [0.4, 0.5) is 5.95 Å². The minimum Gasteiger partial charge on any atom is -0.357 e. The van der Waals surface area contributed by atoms with Crippen LogP contribution in [0.25, 0.3) is 0 Å². The van der Waals surface area contributed by atoms with Gasteiger partial charge in [-0.25, -0.2) is 9.66 Å². The summed E-state index contributed by atoms with van der Waals surface area (Å²) in [6.07, 6.45) is 2.68. The molecule has 1 heterocycles. The third kappa shape index (κ3) is 0.920. The fraction of sp³-hybridized carbons (Fsp3) is 0.500. The number of imidazole rings is 1. The van der Waals surface area contributed by atoms with Gasteiger partial charge in [0.25, 0.3) is 0 Å². The lowest BCUT2D eigenvalue weighted by Gasteiger charge is -2.01. The fourth-order valence-electron chi connectivity index (χ4n) is 0.843. The van der Waals surface area contributed by atoms with Gasteiger partial charge in [-0.2, -0.15) is 0 Å². The lowest BCUT2D eigenvalue weighted by Crippen LogP contribution is -2.14. The van der Waals surface area contributed by atoms with E-state index >= 15 is 0 Å². The zero-order valence-corrected chi connectivity index (χ0v) is 6.26. The summed E-state index contributed by atoms with van der Waals surface area (Å²) in [5, 5.41) is 2.88. The zero-order chi connectivity index (χ0) is 7.56. The summed E-state index contributed by atoms with van der Waals surface area (Å²) in [5.41, 5.74) is 1.03. The van der Waals surface area contributed by atoms with Gasteiger partial charge in [0.05, 0.1) is 11.9 Å². The summed E-state index contributed by atoms with van der Waals surface area (Å²) >= 11 is 0. The molecule has 1 aromatic heterocycles. The van der Waals surface area contributed by atoms with Crippen LogP contribution in [0, 0.1) is 0 Å². The van der Waals surface area contributed by atoms with Crippen molar-refractivity contribution in [2.24, 2.45) is 0 Å². The molecule has 1 aromatic rings. The van der Waals surface area contributed by atoms with Crippen molar-refractivity contribution in [2.45, 2.75) is 13.3 Å². The molecule has 0 saturated carbocycles. The van der Waals surface area contributed by atoms with Crippen molar-refractivity contribution >= 4 is 5.95 Å². The van der Waals surface area contributed by atoms with E-state index in [0.717, 1.165) is 12.1 Å². The third-order valence-corrected chi connectivity index (χ3v) is 1.46. The third-order valence-electron chi connectivity index (χ3n) is 1.46. The Kier molecular flexibility index (Phi) is 1.80. The van der Waals surface area contributed by atoms with E-state index in [9.17, 15) is 0 Å². The zero-order valence-electron chi connectivity index (χ0n) is 6.26. The first-order valence-electron chi connectivity index (χ1n) is 3.29. The van der Waals surface area contributed by atoms with Crippen molar-refractivity contribution in [1.29, 1.82) is 0 Å². The number of aryl methyl sites for hydroxylation is 1. The Balaban J connectivity index is 2.97. The van der Waals surface area contributed by atoms with Gasteiger partial charge in [0.15, 0.2) is 0 Å². The molecule has 0 spiro atoms. The predicted octanol–water partition coefficient (Wildman–Crippen LogP) is 0.201. The van der Waals surface area contributed by atoms with E-state index in [2.05, 4.69) is 10.3 Å². The highest BCUT2D eigenvalue weighted by molar-refractivity contribution is 5.28. The van der Waals surface area contributed by atoms with Crippen LogP contribution in [0.3, 0.4) is 0 Å². The Morgan fingerprint density at radius 3 is 2.80 bits per heavy atom. The first-order valence-corrected chi connectivity index (χ1v) is 3.29. The van der Waals surface area contributed by atoms with Gasteiger partial charge in [0.2, 0.25) is 5.95 Å². The lowest BCUT2D eigenvalue weighted by atomic mass is 10.4. The molecule has 0 fully saturated rings. The largest absolute Gasteiger partial charge is 0.357 e. The van der Waals surface area contributed by atoms with Crippen molar-refractivity contribution in [3.8, 4) is 0 Å². The van der Waals surface area contributed by atoms with E-state index in [0.29, 0.717) is 5.95 Å². The van der Waals surface area contributed by atoms with Crippen LogP contribution in [0.15, 0.2) is 6.20 Å². The number of rotatable bonds is 2. The summed E-state index contributed by atoms with van der Waals surface area (Å²) in [6, 6.07) is 0. The first-order chi connectivity index (χ1) is 4.79. The number of nitrogens with one attached hydrogen (secondary N) is 1. The Labute approximate surface area is 60.0 Å². The second-order valence-electron chi connectivity index (χ2n) is 2.05. The molecule has 4 nitrogen and oxygen atoms in total. The van der Waals surface area contributed by atoms with Crippen molar-refractivity contribution in [1.82, 2.24) is 9.66 Å². The predicted molar refractivity (Wildman–Crippen MR) is 41.3 cm³/mol. The van der Waals surface area contributed by atoms with Crippen LogP contribution < -0.4 is 11.2 Å².